The molecule has 1 saturated heterocycles. The molecule has 6 nitrogen and oxygen atoms in total. The molecule has 0 aromatic heterocycles. The SMILES string of the molecule is Cc1cc(C)c(NC(=O)CN2CCCN(Cc3ccccc3F)S2(=O)=O)c(C)c1. The van der Waals surface area contributed by atoms with Gasteiger partial charge in [-0.05, 0) is 44.4 Å². The predicted molar refractivity (Wildman–Crippen MR) is 111 cm³/mol. The van der Waals surface area contributed by atoms with Crippen LogP contribution in [0.4, 0.5) is 10.1 Å². The zero-order chi connectivity index (χ0) is 21.2. The number of carbonyl (C=O) groups is 1. The van der Waals surface area contributed by atoms with E-state index < -0.39 is 21.9 Å². The van der Waals surface area contributed by atoms with Gasteiger partial charge in [0.1, 0.15) is 5.82 Å². The minimum absolute atomic E-state index is 0.0523. The number of nitrogens with one attached hydrogen (secondary N) is 1. The number of rotatable bonds is 5. The molecule has 0 radical (unpaired) electrons. The van der Waals surface area contributed by atoms with Gasteiger partial charge in [-0.3, -0.25) is 4.79 Å². The highest BCUT2D eigenvalue weighted by Crippen LogP contribution is 2.23. The topological polar surface area (TPSA) is 69.7 Å². The van der Waals surface area contributed by atoms with E-state index in [-0.39, 0.29) is 19.6 Å². The van der Waals surface area contributed by atoms with Crippen molar-refractivity contribution in [2.45, 2.75) is 33.7 Å². The molecule has 1 aliphatic heterocycles. The molecule has 0 saturated carbocycles. The van der Waals surface area contributed by atoms with Crippen molar-refractivity contribution in [3.05, 3.63) is 64.5 Å². The minimum Gasteiger partial charge on any atom is -0.324 e. The maximum atomic E-state index is 14.0. The van der Waals surface area contributed by atoms with Gasteiger partial charge in [0.25, 0.3) is 10.2 Å². The van der Waals surface area contributed by atoms with Gasteiger partial charge in [0.2, 0.25) is 5.91 Å². The zero-order valence-corrected chi connectivity index (χ0v) is 17.7. The molecule has 1 N–H and O–H groups in total. The molecule has 0 aliphatic carbocycles. The van der Waals surface area contributed by atoms with Crippen LogP contribution in [-0.4, -0.2) is 42.6 Å². The Morgan fingerprint density at radius 3 is 2.34 bits per heavy atom. The number of halogens is 1. The Balaban J connectivity index is 1.72. The number of aryl methyl sites for hydroxylation is 3. The summed E-state index contributed by atoms with van der Waals surface area (Å²) in [7, 11) is -3.85. The van der Waals surface area contributed by atoms with Crippen molar-refractivity contribution in [2.24, 2.45) is 0 Å². The first-order valence-corrected chi connectivity index (χ1v) is 10.9. The number of hydrogen-bond donors (Lipinski definition) is 1. The second-order valence-electron chi connectivity index (χ2n) is 7.44. The van der Waals surface area contributed by atoms with E-state index in [2.05, 4.69) is 5.32 Å². The van der Waals surface area contributed by atoms with Crippen LogP contribution in [0.15, 0.2) is 36.4 Å². The molecule has 29 heavy (non-hydrogen) atoms. The number of benzene rings is 2. The van der Waals surface area contributed by atoms with Crippen LogP contribution in [0.5, 0.6) is 0 Å². The highest BCUT2D eigenvalue weighted by molar-refractivity contribution is 7.86. The third-order valence-electron chi connectivity index (χ3n) is 5.03. The molecule has 0 unspecified atom stereocenters. The van der Waals surface area contributed by atoms with E-state index in [1.165, 1.54) is 10.4 Å². The number of hydrogen-bond acceptors (Lipinski definition) is 3. The standard InChI is InChI=1S/C21H26FN3O3S/c1-15-11-16(2)21(17(3)12-15)23-20(26)14-25-10-6-9-24(29(25,27)28)13-18-7-4-5-8-19(18)22/h4-5,7-8,11-12H,6,9-10,13-14H2,1-3H3,(H,23,26). The number of anilines is 1. The quantitative estimate of drug-likeness (QED) is 0.810. The van der Waals surface area contributed by atoms with Crippen LogP contribution in [0.2, 0.25) is 0 Å². The number of amides is 1. The van der Waals surface area contributed by atoms with Gasteiger partial charge >= 0.3 is 0 Å². The van der Waals surface area contributed by atoms with E-state index in [9.17, 15) is 17.6 Å². The molecule has 1 heterocycles. The Morgan fingerprint density at radius 2 is 1.69 bits per heavy atom. The van der Waals surface area contributed by atoms with Crippen molar-refractivity contribution in [1.82, 2.24) is 8.61 Å². The summed E-state index contributed by atoms with van der Waals surface area (Å²) < 4.78 is 42.2. The van der Waals surface area contributed by atoms with Gasteiger partial charge in [-0.15, -0.1) is 0 Å². The number of carbonyl (C=O) groups excluding carboxylic acids is 1. The second kappa shape index (κ2) is 8.61. The van der Waals surface area contributed by atoms with Crippen molar-refractivity contribution >= 4 is 21.8 Å². The largest absolute Gasteiger partial charge is 0.324 e. The van der Waals surface area contributed by atoms with Gasteiger partial charge < -0.3 is 5.32 Å². The van der Waals surface area contributed by atoms with Crippen LogP contribution in [0.25, 0.3) is 0 Å². The maximum absolute atomic E-state index is 14.0. The van der Waals surface area contributed by atoms with Gasteiger partial charge in [-0.2, -0.15) is 17.0 Å². The monoisotopic (exact) mass is 419 g/mol. The van der Waals surface area contributed by atoms with Crippen molar-refractivity contribution in [3.63, 3.8) is 0 Å². The first kappa shape index (κ1) is 21.4. The van der Waals surface area contributed by atoms with E-state index in [1.807, 2.05) is 32.9 Å². The summed E-state index contributed by atoms with van der Waals surface area (Å²) in [6.45, 7) is 6.02. The third kappa shape index (κ3) is 4.83. The molecule has 0 spiro atoms. The molecule has 2 aromatic carbocycles. The maximum Gasteiger partial charge on any atom is 0.282 e. The summed E-state index contributed by atoms with van der Waals surface area (Å²) in [5, 5.41) is 2.84. The van der Waals surface area contributed by atoms with Gasteiger partial charge in [0, 0.05) is 30.9 Å². The zero-order valence-electron chi connectivity index (χ0n) is 16.9. The number of nitrogens with zero attached hydrogens (tertiary/aromatic N) is 2. The molecular weight excluding hydrogens is 393 g/mol. The van der Waals surface area contributed by atoms with Crippen molar-refractivity contribution in [3.8, 4) is 0 Å². The Morgan fingerprint density at radius 1 is 1.07 bits per heavy atom. The molecule has 1 fully saturated rings. The summed E-state index contributed by atoms with van der Waals surface area (Å²) >= 11 is 0. The van der Waals surface area contributed by atoms with Crippen LogP contribution in [0.3, 0.4) is 0 Å². The summed E-state index contributed by atoms with van der Waals surface area (Å²) in [5.74, 6) is -0.834. The average molecular weight is 420 g/mol. The van der Waals surface area contributed by atoms with Crippen LogP contribution in [0.1, 0.15) is 28.7 Å². The molecule has 1 amide bonds. The van der Waals surface area contributed by atoms with Gasteiger partial charge in [0.05, 0.1) is 6.54 Å². The predicted octanol–water partition coefficient (Wildman–Crippen LogP) is 3.14. The van der Waals surface area contributed by atoms with Gasteiger partial charge in [-0.25, -0.2) is 4.39 Å². The average Bonchev–Trinajstić information content (AvgIpc) is 2.63. The lowest BCUT2D eigenvalue weighted by atomic mass is 10.1. The van der Waals surface area contributed by atoms with E-state index in [0.29, 0.717) is 24.2 Å². The Hall–Kier alpha value is -2.29. The van der Waals surface area contributed by atoms with Crippen LogP contribution in [-0.2, 0) is 21.5 Å². The summed E-state index contributed by atoms with van der Waals surface area (Å²) in [6, 6.07) is 10.1. The van der Waals surface area contributed by atoms with Gasteiger partial charge in [0.15, 0.2) is 0 Å². The van der Waals surface area contributed by atoms with Crippen molar-refractivity contribution in [2.75, 3.05) is 25.0 Å². The molecule has 0 bridgehead atoms. The smallest absolute Gasteiger partial charge is 0.282 e. The normalized spacial score (nSPS) is 17.2. The summed E-state index contributed by atoms with van der Waals surface area (Å²) in [5.41, 5.74) is 3.98. The minimum atomic E-state index is -3.85. The molecule has 2 aromatic rings. The van der Waals surface area contributed by atoms with Crippen LogP contribution >= 0.6 is 0 Å². The lowest BCUT2D eigenvalue weighted by Gasteiger charge is -2.34. The summed E-state index contributed by atoms with van der Waals surface area (Å²) in [6.07, 6.45) is 0.573. The van der Waals surface area contributed by atoms with Gasteiger partial charge in [-0.1, -0.05) is 35.9 Å². The van der Waals surface area contributed by atoms with E-state index in [4.69, 9.17) is 0 Å². The van der Waals surface area contributed by atoms with Crippen molar-refractivity contribution in [1.29, 1.82) is 0 Å². The molecule has 8 heteroatoms. The first-order valence-electron chi connectivity index (χ1n) is 9.55. The fourth-order valence-corrected chi connectivity index (χ4v) is 5.30. The van der Waals surface area contributed by atoms with E-state index >= 15 is 0 Å². The third-order valence-corrected chi connectivity index (χ3v) is 6.96. The van der Waals surface area contributed by atoms with Crippen molar-refractivity contribution < 1.29 is 17.6 Å². The molecule has 0 atom stereocenters. The van der Waals surface area contributed by atoms with Crippen LogP contribution in [0, 0.1) is 26.6 Å². The lowest BCUT2D eigenvalue weighted by molar-refractivity contribution is -0.116. The fourth-order valence-electron chi connectivity index (χ4n) is 3.67. The Bertz CT molecular complexity index is 1000. The summed E-state index contributed by atoms with van der Waals surface area (Å²) in [4.78, 5) is 12.6. The second-order valence-corrected chi connectivity index (χ2v) is 9.37. The van der Waals surface area contributed by atoms with Crippen LogP contribution < -0.4 is 5.32 Å². The van der Waals surface area contributed by atoms with E-state index in [0.717, 1.165) is 21.0 Å². The molecule has 1 aliphatic rings. The molecule has 3 rings (SSSR count). The highest BCUT2D eigenvalue weighted by atomic mass is 32.2. The first-order chi connectivity index (χ1) is 13.7. The van der Waals surface area contributed by atoms with E-state index in [1.54, 1.807) is 18.2 Å². The Labute approximate surface area is 171 Å². The highest BCUT2D eigenvalue weighted by Gasteiger charge is 2.35. The fraction of sp³-hybridized carbons (Fsp3) is 0.381. The molecule has 156 valence electrons. The molecular formula is C21H26FN3O3S. The Kier molecular flexibility index (Phi) is 6.36. The lowest BCUT2D eigenvalue weighted by Crippen LogP contribution is -2.51.